The SMILES string of the molecule is CCOC(=O)C1=C(COC(=O)Cc2ccc(C)c(OC)c2)NC(=O)NC1c1ccc(OC)cc1. The summed E-state index contributed by atoms with van der Waals surface area (Å²) in [6.07, 6.45) is 0.00671. The monoisotopic (exact) mass is 468 g/mol. The molecule has 2 aromatic rings. The lowest BCUT2D eigenvalue weighted by molar-refractivity contribution is -0.143. The van der Waals surface area contributed by atoms with Crippen LogP contribution >= 0.6 is 0 Å². The molecule has 1 aliphatic rings. The zero-order valence-corrected chi connectivity index (χ0v) is 19.6. The van der Waals surface area contributed by atoms with Crippen LogP contribution in [0.3, 0.4) is 0 Å². The highest BCUT2D eigenvalue weighted by atomic mass is 16.5. The van der Waals surface area contributed by atoms with Crippen molar-refractivity contribution in [1.29, 1.82) is 0 Å². The van der Waals surface area contributed by atoms with E-state index in [1.165, 1.54) is 0 Å². The molecule has 0 fully saturated rings. The first-order valence-corrected chi connectivity index (χ1v) is 10.8. The Labute approximate surface area is 198 Å². The molecule has 2 amide bonds. The fourth-order valence-corrected chi connectivity index (χ4v) is 3.57. The molecule has 9 nitrogen and oxygen atoms in total. The Morgan fingerprint density at radius 1 is 1.00 bits per heavy atom. The third-order valence-electron chi connectivity index (χ3n) is 5.30. The van der Waals surface area contributed by atoms with Crippen LogP contribution in [0.25, 0.3) is 0 Å². The van der Waals surface area contributed by atoms with Crippen molar-refractivity contribution in [3.05, 3.63) is 70.4 Å². The maximum Gasteiger partial charge on any atom is 0.338 e. The van der Waals surface area contributed by atoms with E-state index >= 15 is 0 Å². The van der Waals surface area contributed by atoms with Gasteiger partial charge in [-0.2, -0.15) is 0 Å². The second-order valence-electron chi connectivity index (χ2n) is 7.56. The fourth-order valence-electron chi connectivity index (χ4n) is 3.57. The van der Waals surface area contributed by atoms with Gasteiger partial charge in [0.1, 0.15) is 18.1 Å². The number of rotatable bonds is 9. The zero-order chi connectivity index (χ0) is 24.7. The van der Waals surface area contributed by atoms with Crippen molar-refractivity contribution in [3.8, 4) is 11.5 Å². The summed E-state index contributed by atoms with van der Waals surface area (Å²) in [4.78, 5) is 37.7. The van der Waals surface area contributed by atoms with Crippen LogP contribution in [0.1, 0.15) is 29.7 Å². The van der Waals surface area contributed by atoms with Crippen LogP contribution in [0.5, 0.6) is 11.5 Å². The van der Waals surface area contributed by atoms with Gasteiger partial charge in [-0.15, -0.1) is 0 Å². The number of esters is 2. The van der Waals surface area contributed by atoms with E-state index < -0.39 is 24.0 Å². The molecule has 180 valence electrons. The van der Waals surface area contributed by atoms with Gasteiger partial charge in [-0.25, -0.2) is 9.59 Å². The summed E-state index contributed by atoms with van der Waals surface area (Å²) in [6, 6.07) is 11.1. The van der Waals surface area contributed by atoms with Gasteiger partial charge < -0.3 is 29.6 Å². The van der Waals surface area contributed by atoms with Crippen LogP contribution in [0.4, 0.5) is 4.79 Å². The van der Waals surface area contributed by atoms with Gasteiger partial charge in [0.15, 0.2) is 0 Å². The molecule has 0 radical (unpaired) electrons. The molecule has 0 aliphatic carbocycles. The average molecular weight is 469 g/mol. The van der Waals surface area contributed by atoms with E-state index in [0.29, 0.717) is 17.1 Å². The summed E-state index contributed by atoms with van der Waals surface area (Å²) >= 11 is 0. The third kappa shape index (κ3) is 5.86. The minimum Gasteiger partial charge on any atom is -0.497 e. The van der Waals surface area contributed by atoms with E-state index in [2.05, 4.69) is 10.6 Å². The predicted octanol–water partition coefficient (Wildman–Crippen LogP) is 2.97. The molecule has 1 aliphatic heterocycles. The Balaban J connectivity index is 1.83. The van der Waals surface area contributed by atoms with E-state index in [1.807, 2.05) is 19.1 Å². The lowest BCUT2D eigenvalue weighted by Gasteiger charge is -2.29. The lowest BCUT2D eigenvalue weighted by Crippen LogP contribution is -2.47. The van der Waals surface area contributed by atoms with E-state index in [0.717, 1.165) is 11.1 Å². The third-order valence-corrected chi connectivity index (χ3v) is 5.30. The molecule has 0 spiro atoms. The molecule has 0 saturated carbocycles. The first-order valence-electron chi connectivity index (χ1n) is 10.8. The van der Waals surface area contributed by atoms with E-state index in [4.69, 9.17) is 18.9 Å². The molecule has 0 saturated heterocycles. The van der Waals surface area contributed by atoms with Crippen LogP contribution in [0.15, 0.2) is 53.7 Å². The van der Waals surface area contributed by atoms with Gasteiger partial charge in [0.2, 0.25) is 0 Å². The molecular weight excluding hydrogens is 440 g/mol. The molecule has 1 atom stereocenters. The van der Waals surface area contributed by atoms with Crippen LogP contribution in [-0.2, 0) is 25.5 Å². The lowest BCUT2D eigenvalue weighted by atomic mass is 9.95. The number of amides is 2. The van der Waals surface area contributed by atoms with Crippen molar-refractivity contribution in [2.24, 2.45) is 0 Å². The number of hydrogen-bond donors (Lipinski definition) is 2. The molecule has 3 rings (SSSR count). The van der Waals surface area contributed by atoms with Crippen LogP contribution in [-0.4, -0.2) is 45.4 Å². The van der Waals surface area contributed by atoms with E-state index in [-0.39, 0.29) is 30.9 Å². The molecule has 2 N–H and O–H groups in total. The standard InChI is InChI=1S/C25H28N2O7/c1-5-33-24(29)22-19(14-34-21(28)13-16-7-6-15(2)20(12-16)32-4)26-25(30)27-23(22)17-8-10-18(31-3)11-9-17/h6-12,23H,5,13-14H2,1-4H3,(H2,26,27,30). The molecule has 1 heterocycles. The fraction of sp³-hybridized carbons (Fsp3) is 0.320. The molecule has 2 aromatic carbocycles. The first kappa shape index (κ1) is 24.6. The molecule has 34 heavy (non-hydrogen) atoms. The van der Waals surface area contributed by atoms with Gasteiger partial charge in [0.05, 0.1) is 44.6 Å². The molecule has 0 aromatic heterocycles. The van der Waals surface area contributed by atoms with Crippen LogP contribution < -0.4 is 20.1 Å². The Kier molecular flexibility index (Phi) is 8.13. The highest BCUT2D eigenvalue weighted by Crippen LogP contribution is 2.29. The van der Waals surface area contributed by atoms with Gasteiger partial charge >= 0.3 is 18.0 Å². The number of nitrogens with one attached hydrogen (secondary N) is 2. The summed E-state index contributed by atoms with van der Waals surface area (Å²) in [5, 5.41) is 5.31. The largest absolute Gasteiger partial charge is 0.497 e. The predicted molar refractivity (Wildman–Crippen MR) is 123 cm³/mol. The Morgan fingerprint density at radius 3 is 2.38 bits per heavy atom. The van der Waals surface area contributed by atoms with Gasteiger partial charge in [-0.05, 0) is 48.7 Å². The zero-order valence-electron chi connectivity index (χ0n) is 19.6. The van der Waals surface area contributed by atoms with Crippen molar-refractivity contribution >= 4 is 18.0 Å². The first-order chi connectivity index (χ1) is 16.4. The topological polar surface area (TPSA) is 112 Å². The van der Waals surface area contributed by atoms with Crippen molar-refractivity contribution in [2.45, 2.75) is 26.3 Å². The molecule has 9 heteroatoms. The van der Waals surface area contributed by atoms with Gasteiger partial charge in [-0.3, -0.25) is 4.79 Å². The summed E-state index contributed by atoms with van der Waals surface area (Å²) < 4.78 is 21.1. The summed E-state index contributed by atoms with van der Waals surface area (Å²) in [6.45, 7) is 3.44. The van der Waals surface area contributed by atoms with Gasteiger partial charge in [-0.1, -0.05) is 24.3 Å². The van der Waals surface area contributed by atoms with Gasteiger partial charge in [0.25, 0.3) is 0 Å². The number of hydrogen-bond acceptors (Lipinski definition) is 7. The Bertz CT molecular complexity index is 1090. The summed E-state index contributed by atoms with van der Waals surface area (Å²) in [5.74, 6) is 0.165. The van der Waals surface area contributed by atoms with E-state index in [1.54, 1.807) is 51.5 Å². The second kappa shape index (κ2) is 11.2. The van der Waals surface area contributed by atoms with Crippen LogP contribution in [0, 0.1) is 6.92 Å². The maximum atomic E-state index is 12.8. The minimum absolute atomic E-state index is 0.00671. The minimum atomic E-state index is -0.784. The number of carbonyl (C=O) groups is 3. The second-order valence-corrected chi connectivity index (χ2v) is 7.56. The summed E-state index contributed by atoms with van der Waals surface area (Å²) in [7, 11) is 3.11. The van der Waals surface area contributed by atoms with E-state index in [9.17, 15) is 14.4 Å². The highest BCUT2D eigenvalue weighted by molar-refractivity contribution is 5.95. The number of carbonyl (C=O) groups excluding carboxylic acids is 3. The Hall–Kier alpha value is -4.01. The van der Waals surface area contributed by atoms with Crippen molar-refractivity contribution < 1.29 is 33.3 Å². The summed E-state index contributed by atoms with van der Waals surface area (Å²) in [5.41, 5.74) is 2.65. The Morgan fingerprint density at radius 2 is 1.74 bits per heavy atom. The molecular formula is C25H28N2O7. The normalized spacial score (nSPS) is 15.2. The quantitative estimate of drug-likeness (QED) is 0.544. The van der Waals surface area contributed by atoms with Crippen LogP contribution in [0.2, 0.25) is 0 Å². The number of urea groups is 1. The van der Waals surface area contributed by atoms with Gasteiger partial charge in [0, 0.05) is 0 Å². The van der Waals surface area contributed by atoms with Crippen molar-refractivity contribution in [3.63, 3.8) is 0 Å². The smallest absolute Gasteiger partial charge is 0.338 e. The molecule has 1 unspecified atom stereocenters. The number of methoxy groups -OCH3 is 2. The number of aryl methyl sites for hydroxylation is 1. The van der Waals surface area contributed by atoms with Crippen molar-refractivity contribution in [2.75, 3.05) is 27.4 Å². The maximum absolute atomic E-state index is 12.8. The average Bonchev–Trinajstić information content (AvgIpc) is 2.83. The number of benzene rings is 2. The van der Waals surface area contributed by atoms with Crippen molar-refractivity contribution in [1.82, 2.24) is 10.6 Å². The highest BCUT2D eigenvalue weighted by Gasteiger charge is 2.34. The molecule has 0 bridgehead atoms. The number of ether oxygens (including phenoxy) is 4.